The third-order valence-electron chi connectivity index (χ3n) is 15.6. The van der Waals surface area contributed by atoms with Crippen LogP contribution in [0, 0.1) is 39.9 Å². The van der Waals surface area contributed by atoms with E-state index in [1.54, 1.807) is 6.08 Å². The lowest BCUT2D eigenvalue weighted by Crippen LogP contribution is -2.51. The van der Waals surface area contributed by atoms with Crippen LogP contribution in [0.25, 0.3) is 11.2 Å². The molecule has 0 bridgehead atoms. The Labute approximate surface area is 423 Å². The number of aliphatic hydroxyl groups excluding tert-OH is 2. The zero-order chi connectivity index (χ0) is 53.6. The van der Waals surface area contributed by atoms with Crippen LogP contribution in [-0.4, -0.2) is 134 Å². The van der Waals surface area contributed by atoms with E-state index in [9.17, 15) is 67.8 Å². The molecule has 1 saturated heterocycles. The van der Waals surface area contributed by atoms with Crippen LogP contribution >= 0.6 is 34.4 Å². The molecule has 2 amide bonds. The molecule has 4 fully saturated rings. The lowest BCUT2D eigenvalue weighted by atomic mass is 9.46. The van der Waals surface area contributed by atoms with E-state index in [1.165, 1.54) is 19.4 Å². The summed E-state index contributed by atoms with van der Waals surface area (Å²) in [5.74, 6) is 0.654. The summed E-state index contributed by atoms with van der Waals surface area (Å²) in [6.07, 6.45) is 3.36. The second-order valence-corrected chi connectivity index (χ2v) is 27.2. The summed E-state index contributed by atoms with van der Waals surface area (Å²) in [6.45, 7) is 6.81. The van der Waals surface area contributed by atoms with Gasteiger partial charge in [-0.25, -0.2) is 33.4 Å². The predicted molar refractivity (Wildman–Crippen MR) is 261 cm³/mol. The van der Waals surface area contributed by atoms with Crippen LogP contribution in [0.2, 0.25) is 0 Å². The fourth-order valence-corrected chi connectivity index (χ4v) is 16.5. The fourth-order valence-electron chi connectivity index (χ4n) is 11.9. The van der Waals surface area contributed by atoms with Gasteiger partial charge in [-0.05, 0) is 90.9 Å². The Morgan fingerprint density at radius 2 is 1.73 bits per heavy atom. The van der Waals surface area contributed by atoms with Gasteiger partial charge < -0.3 is 56.0 Å². The van der Waals surface area contributed by atoms with E-state index >= 15 is 0 Å². The number of carbonyl (C=O) groups excluding carboxylic acids is 3. The number of phosphoric acid groups is 3. The minimum atomic E-state index is -5.61. The minimum Gasteiger partial charge on any atom is -0.474 e. The topological polar surface area (TPSA) is 401 Å². The van der Waals surface area contributed by atoms with E-state index < -0.39 is 101 Å². The number of aromatic nitrogens is 4. The Bertz CT molecular complexity index is 2670. The first-order valence-corrected chi connectivity index (χ1v) is 29.8. The number of carbonyl (C=O) groups is 4. The van der Waals surface area contributed by atoms with Crippen LogP contribution in [0.1, 0.15) is 92.2 Å². The highest BCUT2D eigenvalue weighted by Gasteiger charge is 2.59. The molecule has 408 valence electrons. The fraction of sp³-hybridized carbons (Fsp3) is 0.698. The molecule has 0 radical (unpaired) electrons. The van der Waals surface area contributed by atoms with Crippen LogP contribution in [-0.2, 0) is 50.7 Å². The molecule has 2 aromatic rings. The number of carboxylic acid groups (broad SMARTS) is 1. The molecular weight excluding hydrogens is 1040 g/mol. The number of nitrogens with one attached hydrogen (secondary N) is 2. The second kappa shape index (κ2) is 21.9. The van der Waals surface area contributed by atoms with Crippen molar-refractivity contribution in [3.63, 3.8) is 0 Å². The Hall–Kier alpha value is -3.49. The van der Waals surface area contributed by atoms with Crippen molar-refractivity contribution in [1.29, 1.82) is 0 Å². The first kappa shape index (κ1) is 57.2. The van der Waals surface area contributed by atoms with Crippen LogP contribution in [0.4, 0.5) is 10.6 Å². The highest BCUT2D eigenvalue weighted by atomic mass is 32.2. The van der Waals surface area contributed by atoms with Gasteiger partial charge in [-0.3, -0.25) is 32.5 Å². The number of hydrogen-bond acceptors (Lipinski definition) is 18. The summed E-state index contributed by atoms with van der Waals surface area (Å²) < 4.78 is 62.8. The molecule has 4 aliphatic carbocycles. The first-order chi connectivity index (χ1) is 34.0. The standard InChI is InChI=1S/C43H66N7O19P3S/c1-23(27-8-9-28-26-7-6-24-18-25(51)10-13-42(24,4)29(26)11-14-43(27,28)5)73(40(56)57)17-16-45-31(52)12-15-46-38(55)35(54)41(2,3)20-66-72(63,64)69-71(61,62)65-19-30-34(68-70(58,59)60)33(53)39(67-30)50-22-49-32-36(44)47-21-48-37(32)50/h10,13,21-22,24,26,28-30,33-35,39,53-54,73H,6-9,11-12,14-20H2,1-5H3,(H,45,52)(H,46,55)(H,56,57)(H,61,62)(H,63,64)(H2,44,47,48)(H2,58,59,60)/t24?,26-,28-,29-,30+,33+,34+,35?,39+,42-,43+/m0/s1. The van der Waals surface area contributed by atoms with Gasteiger partial charge in [-0.2, -0.15) is 4.31 Å². The molecule has 30 heteroatoms. The van der Waals surface area contributed by atoms with Gasteiger partial charge >= 0.3 is 28.8 Å². The van der Waals surface area contributed by atoms with E-state index in [2.05, 4.69) is 54.3 Å². The van der Waals surface area contributed by atoms with E-state index in [-0.39, 0.29) is 58.9 Å². The van der Waals surface area contributed by atoms with Crippen molar-refractivity contribution < 1.29 is 90.4 Å². The van der Waals surface area contributed by atoms with Gasteiger partial charge in [0.25, 0.3) is 0 Å². The van der Waals surface area contributed by atoms with E-state index in [0.717, 1.165) is 60.7 Å². The molecule has 0 aromatic carbocycles. The number of aliphatic hydroxyl groups is 2. The number of anilines is 1. The molecule has 5 aliphatic rings. The SMILES string of the molecule is CC(=C1CC[C@H]2[C@@H]3CCC4CC(=O)C=C[C@]4(C)[C@H]3CC[C@]12C)[SH](CCNC(=O)CCNC(=O)C(O)C(C)(C)COP(=O)(O)OP(=O)(O)OC[C@H]1O[C@@H](n2cnc3c(N)ncnc32)[C@H](O)[C@@H]1OP(=O)(O)O)C(=O)O. The first-order valence-electron chi connectivity index (χ1n) is 23.8. The number of ether oxygens (including phenoxy) is 1. The number of imidazole rings is 1. The summed E-state index contributed by atoms with van der Waals surface area (Å²) in [6, 6.07) is 0. The third-order valence-corrected chi connectivity index (χ3v) is 20.9. The van der Waals surface area contributed by atoms with Crippen molar-refractivity contribution in [3.05, 3.63) is 35.3 Å². The smallest absolute Gasteiger partial charge is 0.474 e. The number of nitrogen functional groups attached to an aromatic ring is 1. The molecule has 26 nitrogen and oxygen atoms in total. The maximum Gasteiger partial charge on any atom is 0.481 e. The molecule has 7 rings (SSSR count). The van der Waals surface area contributed by atoms with Crippen LogP contribution < -0.4 is 16.4 Å². The molecule has 2 aromatic heterocycles. The second-order valence-electron chi connectivity index (χ2n) is 20.6. The molecule has 1 aliphatic heterocycles. The maximum atomic E-state index is 12.9. The van der Waals surface area contributed by atoms with Crippen LogP contribution in [0.3, 0.4) is 0 Å². The minimum absolute atomic E-state index is 0.00719. The Morgan fingerprint density at radius 3 is 2.42 bits per heavy atom. The number of rotatable bonds is 20. The third kappa shape index (κ3) is 12.5. The normalized spacial score (nSPS) is 32.6. The Balaban J connectivity index is 0.849. The number of ketones is 1. The number of amides is 2. The average Bonchev–Trinajstić information content (AvgIpc) is 3.98. The van der Waals surface area contributed by atoms with Gasteiger partial charge in [0.05, 0.1) is 19.5 Å². The largest absolute Gasteiger partial charge is 0.481 e. The number of nitrogens with two attached hydrogens (primary N) is 1. The van der Waals surface area contributed by atoms with Gasteiger partial charge in [0.1, 0.15) is 36.3 Å². The average molecular weight is 1110 g/mol. The highest BCUT2D eigenvalue weighted by molar-refractivity contribution is 8.32. The predicted octanol–water partition coefficient (Wildman–Crippen LogP) is 3.75. The van der Waals surface area contributed by atoms with Gasteiger partial charge in [-0.1, -0.05) is 39.3 Å². The summed E-state index contributed by atoms with van der Waals surface area (Å²) in [7, 11) is -18.1. The molecule has 0 spiro atoms. The monoisotopic (exact) mass is 1110 g/mol. The van der Waals surface area contributed by atoms with Crippen molar-refractivity contribution in [2.24, 2.45) is 39.9 Å². The number of nitrogens with zero attached hydrogens (tertiary/aromatic N) is 4. The van der Waals surface area contributed by atoms with E-state index in [4.69, 9.17) is 19.5 Å². The highest BCUT2D eigenvalue weighted by Crippen LogP contribution is 2.68. The molecule has 11 N–H and O–H groups in total. The molecule has 14 atom stereocenters. The van der Waals surface area contributed by atoms with Crippen molar-refractivity contribution in [2.75, 3.05) is 37.8 Å². The summed E-state index contributed by atoms with van der Waals surface area (Å²) in [4.78, 5) is 103. The summed E-state index contributed by atoms with van der Waals surface area (Å²) in [5.41, 5.74) is 5.34. The quantitative estimate of drug-likeness (QED) is 0.0664. The van der Waals surface area contributed by atoms with Gasteiger partial charge in [0.15, 0.2) is 23.5 Å². The molecule has 5 unspecified atom stereocenters. The number of thiol groups is 1. The zero-order valence-electron chi connectivity index (χ0n) is 40.9. The van der Waals surface area contributed by atoms with Crippen molar-refractivity contribution in [3.8, 4) is 0 Å². The number of phosphoric ester groups is 3. The van der Waals surface area contributed by atoms with Gasteiger partial charge in [0, 0.05) is 37.1 Å². The number of hydrogen-bond donors (Lipinski definition) is 11. The maximum absolute atomic E-state index is 12.9. The zero-order valence-corrected chi connectivity index (χ0v) is 44.5. The van der Waals surface area contributed by atoms with Crippen molar-refractivity contribution in [2.45, 2.75) is 117 Å². The molecule has 3 saturated carbocycles. The van der Waals surface area contributed by atoms with Crippen molar-refractivity contribution >= 4 is 74.2 Å². The number of fused-ring (bicyclic) bond motifs is 6. The summed E-state index contributed by atoms with van der Waals surface area (Å²) >= 11 is 0. The van der Waals surface area contributed by atoms with Crippen molar-refractivity contribution in [1.82, 2.24) is 30.2 Å². The lowest BCUT2D eigenvalue weighted by molar-refractivity contribution is -0.137. The number of allylic oxidation sites excluding steroid dienone is 4. The molecule has 73 heavy (non-hydrogen) atoms. The summed E-state index contributed by atoms with van der Waals surface area (Å²) in [5, 5.41) is 36.4. The van der Waals surface area contributed by atoms with Gasteiger partial charge in [0.2, 0.25) is 11.8 Å². The Morgan fingerprint density at radius 1 is 1.01 bits per heavy atom. The van der Waals surface area contributed by atoms with Crippen LogP contribution in [0.15, 0.2) is 35.3 Å². The molecular formula is C43H66N7O19P3S. The van der Waals surface area contributed by atoms with E-state index in [1.807, 2.05) is 6.92 Å². The molecule has 3 heterocycles. The lowest BCUT2D eigenvalue weighted by Gasteiger charge is -2.58. The van der Waals surface area contributed by atoms with E-state index in [0.29, 0.717) is 30.1 Å². The van der Waals surface area contributed by atoms with Gasteiger partial charge in [-0.15, -0.1) is 10.9 Å². The van der Waals surface area contributed by atoms with Crippen LogP contribution in [0.5, 0.6) is 0 Å². The Kier molecular flexibility index (Phi) is 17.1.